The van der Waals surface area contributed by atoms with Crippen LogP contribution in [0.1, 0.15) is 26.7 Å². The van der Waals surface area contributed by atoms with E-state index in [9.17, 15) is 13.2 Å². The molecule has 1 aliphatic heterocycles. The molecule has 0 radical (unpaired) electrons. The van der Waals surface area contributed by atoms with Gasteiger partial charge >= 0.3 is 0 Å². The fourth-order valence-electron chi connectivity index (χ4n) is 2.91. The van der Waals surface area contributed by atoms with Gasteiger partial charge in [-0.1, -0.05) is 11.6 Å². The third-order valence-electron chi connectivity index (χ3n) is 4.26. The van der Waals surface area contributed by atoms with Crippen molar-refractivity contribution in [3.8, 4) is 0 Å². The van der Waals surface area contributed by atoms with E-state index in [2.05, 4.69) is 0 Å². The number of piperidine rings is 1. The molecule has 0 spiro atoms. The average Bonchev–Trinajstić information content (AvgIpc) is 2.56. The van der Waals surface area contributed by atoms with Crippen LogP contribution in [0.5, 0.6) is 0 Å². The summed E-state index contributed by atoms with van der Waals surface area (Å²) < 4.78 is 26.9. The number of amides is 1. The summed E-state index contributed by atoms with van der Waals surface area (Å²) in [6, 6.07) is 6.15. The Morgan fingerprint density at radius 3 is 2.43 bits per heavy atom. The zero-order chi connectivity index (χ0) is 17.0. The summed E-state index contributed by atoms with van der Waals surface area (Å²) in [4.78, 5) is 14.5. The van der Waals surface area contributed by atoms with Crippen molar-refractivity contribution in [2.75, 3.05) is 26.2 Å². The van der Waals surface area contributed by atoms with Gasteiger partial charge in [-0.3, -0.25) is 4.79 Å². The molecule has 0 N–H and O–H groups in total. The van der Waals surface area contributed by atoms with E-state index in [0.717, 1.165) is 6.42 Å². The molecular formula is C16H23ClN2O3S. The van der Waals surface area contributed by atoms with Gasteiger partial charge in [-0.05, 0) is 51.0 Å². The second-order valence-corrected chi connectivity index (χ2v) is 8.04. The van der Waals surface area contributed by atoms with E-state index in [1.165, 1.54) is 16.4 Å². The largest absolute Gasteiger partial charge is 0.343 e. The third-order valence-corrected chi connectivity index (χ3v) is 6.39. The van der Waals surface area contributed by atoms with E-state index in [4.69, 9.17) is 11.6 Å². The van der Waals surface area contributed by atoms with E-state index >= 15 is 0 Å². The topological polar surface area (TPSA) is 57.7 Å². The molecule has 1 fully saturated rings. The van der Waals surface area contributed by atoms with Crippen molar-refractivity contribution >= 4 is 27.5 Å². The van der Waals surface area contributed by atoms with Crippen LogP contribution < -0.4 is 0 Å². The van der Waals surface area contributed by atoms with Gasteiger partial charge < -0.3 is 4.90 Å². The molecule has 0 aliphatic carbocycles. The number of halogens is 1. The van der Waals surface area contributed by atoms with Gasteiger partial charge in [-0.2, -0.15) is 4.31 Å². The van der Waals surface area contributed by atoms with E-state index in [-0.39, 0.29) is 23.3 Å². The van der Waals surface area contributed by atoms with E-state index in [0.29, 0.717) is 31.1 Å². The second kappa shape index (κ2) is 7.64. The van der Waals surface area contributed by atoms with Gasteiger partial charge in [-0.15, -0.1) is 0 Å². The molecule has 1 unspecified atom stereocenters. The highest BCUT2D eigenvalue weighted by atomic mass is 35.5. The average molecular weight is 359 g/mol. The number of benzene rings is 1. The number of carbonyl (C=O) groups is 1. The van der Waals surface area contributed by atoms with E-state index in [1.807, 2.05) is 13.8 Å². The summed E-state index contributed by atoms with van der Waals surface area (Å²) in [6.07, 6.45) is 1.44. The molecule has 1 amide bonds. The highest BCUT2D eigenvalue weighted by Crippen LogP contribution is 2.25. The number of rotatable bonds is 5. The first-order chi connectivity index (χ1) is 10.9. The van der Waals surface area contributed by atoms with Crippen molar-refractivity contribution in [2.24, 2.45) is 5.92 Å². The van der Waals surface area contributed by atoms with Crippen LogP contribution in [-0.2, 0) is 14.8 Å². The van der Waals surface area contributed by atoms with Crippen LogP contribution in [-0.4, -0.2) is 49.7 Å². The first-order valence-electron chi connectivity index (χ1n) is 7.94. The van der Waals surface area contributed by atoms with Crippen LogP contribution in [0.3, 0.4) is 0 Å². The number of hydrogen-bond donors (Lipinski definition) is 0. The Morgan fingerprint density at radius 2 is 1.87 bits per heavy atom. The molecule has 1 aromatic rings. The molecule has 7 heteroatoms. The molecule has 0 bridgehead atoms. The van der Waals surface area contributed by atoms with Gasteiger partial charge in [-0.25, -0.2) is 8.42 Å². The van der Waals surface area contributed by atoms with Gasteiger partial charge in [0.25, 0.3) is 0 Å². The van der Waals surface area contributed by atoms with Crippen molar-refractivity contribution < 1.29 is 13.2 Å². The lowest BCUT2D eigenvalue weighted by atomic mass is 9.98. The molecular weight excluding hydrogens is 336 g/mol. The molecule has 1 heterocycles. The molecule has 1 atom stereocenters. The molecule has 23 heavy (non-hydrogen) atoms. The molecule has 5 nitrogen and oxygen atoms in total. The lowest BCUT2D eigenvalue weighted by Gasteiger charge is -2.33. The Morgan fingerprint density at radius 1 is 1.26 bits per heavy atom. The normalized spacial score (nSPS) is 19.5. The second-order valence-electron chi connectivity index (χ2n) is 5.67. The third kappa shape index (κ3) is 4.05. The minimum atomic E-state index is -3.58. The first-order valence-corrected chi connectivity index (χ1v) is 9.76. The Bertz CT molecular complexity index is 642. The van der Waals surface area contributed by atoms with Gasteiger partial charge in [0.05, 0.1) is 10.8 Å². The predicted molar refractivity (Wildman–Crippen MR) is 90.9 cm³/mol. The minimum Gasteiger partial charge on any atom is -0.343 e. The highest BCUT2D eigenvalue weighted by Gasteiger charge is 2.34. The van der Waals surface area contributed by atoms with Crippen LogP contribution in [0.2, 0.25) is 5.02 Å². The van der Waals surface area contributed by atoms with E-state index < -0.39 is 10.0 Å². The number of carbonyl (C=O) groups excluding carboxylic acids is 1. The van der Waals surface area contributed by atoms with Crippen molar-refractivity contribution in [2.45, 2.75) is 31.6 Å². The monoisotopic (exact) mass is 358 g/mol. The SMILES string of the molecule is CCN(CC)C(=O)C1CCCN(S(=O)(=O)c2ccc(Cl)cc2)C1. The van der Waals surface area contributed by atoms with E-state index in [1.54, 1.807) is 17.0 Å². The van der Waals surface area contributed by atoms with Gasteiger partial charge in [0.2, 0.25) is 15.9 Å². The summed E-state index contributed by atoms with van der Waals surface area (Å²) >= 11 is 5.82. The van der Waals surface area contributed by atoms with Crippen LogP contribution in [0, 0.1) is 5.92 Å². The predicted octanol–water partition coefficient (Wildman–Crippen LogP) is 2.61. The summed E-state index contributed by atoms with van der Waals surface area (Å²) in [5, 5.41) is 0.497. The maximum atomic E-state index is 12.7. The lowest BCUT2D eigenvalue weighted by molar-refractivity contribution is -0.136. The smallest absolute Gasteiger partial charge is 0.243 e. The molecule has 1 aliphatic rings. The summed E-state index contributed by atoms with van der Waals surface area (Å²) in [5.74, 6) is -0.211. The molecule has 2 rings (SSSR count). The summed E-state index contributed by atoms with van der Waals surface area (Å²) in [6.45, 7) is 5.87. The van der Waals surface area contributed by atoms with Crippen molar-refractivity contribution in [1.82, 2.24) is 9.21 Å². The Kier molecular flexibility index (Phi) is 6.06. The van der Waals surface area contributed by atoms with Crippen molar-refractivity contribution in [3.05, 3.63) is 29.3 Å². The number of nitrogens with zero attached hydrogens (tertiary/aromatic N) is 2. The van der Waals surface area contributed by atoms with Crippen LogP contribution in [0.25, 0.3) is 0 Å². The standard InChI is InChI=1S/C16H23ClN2O3S/c1-3-18(4-2)16(20)13-6-5-11-19(12-13)23(21,22)15-9-7-14(17)8-10-15/h7-10,13H,3-6,11-12H2,1-2H3. The van der Waals surface area contributed by atoms with Gasteiger partial charge in [0, 0.05) is 31.2 Å². The fraction of sp³-hybridized carbons (Fsp3) is 0.562. The van der Waals surface area contributed by atoms with Crippen LogP contribution in [0.15, 0.2) is 29.2 Å². The molecule has 1 saturated heterocycles. The Balaban J connectivity index is 2.17. The Hall–Kier alpha value is -1.11. The number of sulfonamides is 1. The Labute approximate surface area is 143 Å². The summed E-state index contributed by atoms with van der Waals surface area (Å²) in [5.41, 5.74) is 0. The van der Waals surface area contributed by atoms with Crippen LogP contribution in [0.4, 0.5) is 0 Å². The molecule has 0 saturated carbocycles. The molecule has 0 aromatic heterocycles. The van der Waals surface area contributed by atoms with Gasteiger partial charge in [0.15, 0.2) is 0 Å². The fourth-order valence-corrected chi connectivity index (χ4v) is 4.56. The zero-order valence-electron chi connectivity index (χ0n) is 13.5. The quantitative estimate of drug-likeness (QED) is 0.813. The van der Waals surface area contributed by atoms with Crippen LogP contribution >= 0.6 is 11.6 Å². The first kappa shape index (κ1) is 18.2. The highest BCUT2D eigenvalue weighted by molar-refractivity contribution is 7.89. The summed E-state index contributed by atoms with van der Waals surface area (Å²) in [7, 11) is -3.58. The van der Waals surface area contributed by atoms with Gasteiger partial charge in [0.1, 0.15) is 0 Å². The van der Waals surface area contributed by atoms with Crippen molar-refractivity contribution in [1.29, 1.82) is 0 Å². The maximum absolute atomic E-state index is 12.7. The lowest BCUT2D eigenvalue weighted by Crippen LogP contribution is -2.46. The molecule has 1 aromatic carbocycles. The molecule has 128 valence electrons. The zero-order valence-corrected chi connectivity index (χ0v) is 15.1. The minimum absolute atomic E-state index is 0.0472. The van der Waals surface area contributed by atoms with Crippen molar-refractivity contribution in [3.63, 3.8) is 0 Å². The maximum Gasteiger partial charge on any atom is 0.243 e. The number of hydrogen-bond acceptors (Lipinski definition) is 3.